The third-order valence-electron chi connectivity index (χ3n) is 2.59. The van der Waals surface area contributed by atoms with Gasteiger partial charge in [0.25, 0.3) is 5.91 Å². The van der Waals surface area contributed by atoms with Crippen molar-refractivity contribution in [2.45, 2.75) is 32.7 Å². The molecule has 1 rings (SSSR count). The topological polar surface area (TPSA) is 112 Å². The molecule has 1 aromatic rings. The van der Waals surface area contributed by atoms with E-state index in [0.717, 1.165) is 0 Å². The molecule has 1 aromatic heterocycles. The first-order valence-corrected chi connectivity index (χ1v) is 5.97. The van der Waals surface area contributed by atoms with E-state index in [1.54, 1.807) is 13.0 Å². The molecule has 3 N–H and O–H groups in total. The Morgan fingerprint density at radius 1 is 1.42 bits per heavy atom. The summed E-state index contributed by atoms with van der Waals surface area (Å²) >= 11 is 0. The highest BCUT2D eigenvalue weighted by molar-refractivity contribution is 5.97. The fourth-order valence-electron chi connectivity index (χ4n) is 1.59. The predicted molar refractivity (Wildman–Crippen MR) is 66.7 cm³/mol. The second-order valence-electron chi connectivity index (χ2n) is 4.08. The molecule has 1 amide bonds. The average molecular weight is 267 g/mol. The molecule has 19 heavy (non-hydrogen) atoms. The number of aryl methyl sites for hydroxylation is 2. The minimum atomic E-state index is -1.18. The lowest BCUT2D eigenvalue weighted by atomic mass is 10.1. The highest BCUT2D eigenvalue weighted by Gasteiger charge is 2.22. The van der Waals surface area contributed by atoms with Crippen LogP contribution in [0, 0.1) is 6.92 Å². The first-order valence-electron chi connectivity index (χ1n) is 5.97. The summed E-state index contributed by atoms with van der Waals surface area (Å²) in [6.07, 6.45) is 0.480. The third-order valence-corrected chi connectivity index (χ3v) is 2.59. The van der Waals surface area contributed by atoms with E-state index in [-0.39, 0.29) is 13.0 Å². The van der Waals surface area contributed by atoms with Gasteiger partial charge in [-0.15, -0.1) is 0 Å². The predicted octanol–water partition coefficient (Wildman–Crippen LogP) is -0.0872. The van der Waals surface area contributed by atoms with Gasteiger partial charge in [0, 0.05) is 13.0 Å². The molecule has 0 fully saturated rings. The highest BCUT2D eigenvalue weighted by atomic mass is 16.4. The number of rotatable bonds is 6. The van der Waals surface area contributed by atoms with Crippen molar-refractivity contribution >= 4 is 11.9 Å². The van der Waals surface area contributed by atoms with Gasteiger partial charge in [-0.05, 0) is 19.4 Å². The maximum Gasteiger partial charge on any atom is 0.326 e. The lowest BCUT2D eigenvalue weighted by molar-refractivity contribution is -0.139. The molecule has 0 bridgehead atoms. The molecule has 0 aliphatic heterocycles. The number of carboxylic acids is 1. The number of amides is 1. The number of carboxylic acid groups (broad SMARTS) is 1. The van der Waals surface area contributed by atoms with Crippen molar-refractivity contribution < 1.29 is 19.8 Å². The van der Waals surface area contributed by atoms with E-state index in [2.05, 4.69) is 15.5 Å². The van der Waals surface area contributed by atoms with Crippen LogP contribution in [0.15, 0.2) is 6.07 Å². The molecular formula is C12H17N3O4. The number of carbonyl (C=O) groups excluding carboxylic acids is 1. The summed E-state index contributed by atoms with van der Waals surface area (Å²) in [6, 6.07) is 0.453. The van der Waals surface area contributed by atoms with Gasteiger partial charge in [0.2, 0.25) is 0 Å². The van der Waals surface area contributed by atoms with Crippen LogP contribution in [0.25, 0.3) is 0 Å². The summed E-state index contributed by atoms with van der Waals surface area (Å²) in [5, 5.41) is 27.8. The molecule has 0 saturated carbocycles. The molecule has 0 spiro atoms. The lowest BCUT2D eigenvalue weighted by Gasteiger charge is -2.14. The van der Waals surface area contributed by atoms with Crippen LogP contribution < -0.4 is 5.32 Å². The number of nitrogens with one attached hydrogen (secondary N) is 1. The van der Waals surface area contributed by atoms with Crippen LogP contribution in [0.3, 0.4) is 0 Å². The Kier molecular flexibility index (Phi) is 5.37. The minimum Gasteiger partial charge on any atom is -0.480 e. The van der Waals surface area contributed by atoms with Crippen LogP contribution in [-0.2, 0) is 11.2 Å². The van der Waals surface area contributed by atoms with Crippen LogP contribution in [-0.4, -0.2) is 44.9 Å². The van der Waals surface area contributed by atoms with Crippen molar-refractivity contribution in [3.8, 4) is 0 Å². The zero-order chi connectivity index (χ0) is 14.4. The average Bonchev–Trinajstić information content (AvgIpc) is 2.37. The summed E-state index contributed by atoms with van der Waals surface area (Å²) in [6.45, 7) is 3.22. The fraction of sp³-hybridized carbons (Fsp3) is 0.500. The normalized spacial score (nSPS) is 11.9. The molecular weight excluding hydrogens is 250 g/mol. The number of nitrogens with zero attached hydrogens (tertiary/aromatic N) is 2. The number of aliphatic hydroxyl groups is 1. The van der Waals surface area contributed by atoms with E-state index in [0.29, 0.717) is 23.4 Å². The van der Waals surface area contributed by atoms with Crippen LogP contribution in [0.1, 0.15) is 35.1 Å². The first-order chi connectivity index (χ1) is 8.99. The number of hydrogen-bond donors (Lipinski definition) is 3. The van der Waals surface area contributed by atoms with Gasteiger partial charge in [0.15, 0.2) is 0 Å². The molecule has 104 valence electrons. The van der Waals surface area contributed by atoms with E-state index in [1.807, 2.05) is 6.92 Å². The van der Waals surface area contributed by atoms with Gasteiger partial charge < -0.3 is 15.5 Å². The summed E-state index contributed by atoms with van der Waals surface area (Å²) in [7, 11) is 0. The number of carbonyl (C=O) groups is 2. The summed E-state index contributed by atoms with van der Waals surface area (Å²) in [4.78, 5) is 23.0. The second-order valence-corrected chi connectivity index (χ2v) is 4.08. The molecule has 0 aliphatic carbocycles. The van der Waals surface area contributed by atoms with Gasteiger partial charge in [-0.1, -0.05) is 6.92 Å². The molecule has 0 aliphatic rings. The van der Waals surface area contributed by atoms with Gasteiger partial charge in [0.1, 0.15) is 6.04 Å². The SMILES string of the molecule is CCc1nnc(C)cc1C(=O)N[C@@H](CCO)C(=O)O. The second kappa shape index (κ2) is 6.79. The smallest absolute Gasteiger partial charge is 0.326 e. The number of aromatic nitrogens is 2. The van der Waals surface area contributed by atoms with E-state index >= 15 is 0 Å². The Hall–Kier alpha value is -2.02. The van der Waals surface area contributed by atoms with Crippen LogP contribution in [0.4, 0.5) is 0 Å². The third kappa shape index (κ3) is 3.99. The zero-order valence-corrected chi connectivity index (χ0v) is 10.9. The Morgan fingerprint density at radius 2 is 2.11 bits per heavy atom. The zero-order valence-electron chi connectivity index (χ0n) is 10.9. The molecule has 0 radical (unpaired) electrons. The molecule has 7 nitrogen and oxygen atoms in total. The Labute approximate surface area is 110 Å². The Bertz CT molecular complexity index is 476. The summed E-state index contributed by atoms with van der Waals surface area (Å²) < 4.78 is 0. The molecule has 0 aromatic carbocycles. The standard InChI is InChI=1S/C12H17N3O4/c1-3-9-8(6-7(2)14-15-9)11(17)13-10(4-5-16)12(18)19/h6,10,16H,3-5H2,1-2H3,(H,13,17)(H,18,19)/t10-/m0/s1. The number of hydrogen-bond acceptors (Lipinski definition) is 5. The van der Waals surface area contributed by atoms with Gasteiger partial charge in [0.05, 0.1) is 17.0 Å². The Morgan fingerprint density at radius 3 is 2.63 bits per heavy atom. The molecule has 1 atom stereocenters. The summed E-state index contributed by atoms with van der Waals surface area (Å²) in [5.74, 6) is -1.70. The van der Waals surface area contributed by atoms with Crippen molar-refractivity contribution in [3.05, 3.63) is 23.0 Å². The van der Waals surface area contributed by atoms with Crippen LogP contribution in [0.2, 0.25) is 0 Å². The van der Waals surface area contributed by atoms with Crippen molar-refractivity contribution in [1.82, 2.24) is 15.5 Å². The van der Waals surface area contributed by atoms with E-state index < -0.39 is 17.9 Å². The van der Waals surface area contributed by atoms with Crippen molar-refractivity contribution in [2.24, 2.45) is 0 Å². The molecule has 0 saturated heterocycles. The van der Waals surface area contributed by atoms with Crippen molar-refractivity contribution in [2.75, 3.05) is 6.61 Å². The largest absolute Gasteiger partial charge is 0.480 e. The monoisotopic (exact) mass is 267 g/mol. The van der Waals surface area contributed by atoms with E-state index in [4.69, 9.17) is 10.2 Å². The Balaban J connectivity index is 2.93. The van der Waals surface area contributed by atoms with Gasteiger partial charge in [-0.2, -0.15) is 10.2 Å². The van der Waals surface area contributed by atoms with E-state index in [9.17, 15) is 9.59 Å². The highest BCUT2D eigenvalue weighted by Crippen LogP contribution is 2.08. The van der Waals surface area contributed by atoms with Crippen molar-refractivity contribution in [3.63, 3.8) is 0 Å². The number of aliphatic carboxylic acids is 1. The minimum absolute atomic E-state index is 0.0416. The molecule has 7 heteroatoms. The summed E-state index contributed by atoms with van der Waals surface area (Å²) in [5.41, 5.74) is 1.41. The van der Waals surface area contributed by atoms with E-state index in [1.165, 1.54) is 0 Å². The first kappa shape index (κ1) is 15.0. The van der Waals surface area contributed by atoms with Gasteiger partial charge in [-0.3, -0.25) is 4.79 Å². The van der Waals surface area contributed by atoms with Crippen LogP contribution in [0.5, 0.6) is 0 Å². The molecule has 0 unspecified atom stereocenters. The quantitative estimate of drug-likeness (QED) is 0.664. The molecule has 1 heterocycles. The maximum absolute atomic E-state index is 12.0. The van der Waals surface area contributed by atoms with Gasteiger partial charge >= 0.3 is 5.97 Å². The van der Waals surface area contributed by atoms with Gasteiger partial charge in [-0.25, -0.2) is 4.79 Å². The van der Waals surface area contributed by atoms with Crippen LogP contribution >= 0.6 is 0 Å². The lowest BCUT2D eigenvalue weighted by Crippen LogP contribution is -2.41. The van der Waals surface area contributed by atoms with Crippen molar-refractivity contribution in [1.29, 1.82) is 0 Å². The fourth-order valence-corrected chi connectivity index (χ4v) is 1.59. The maximum atomic E-state index is 12.0. The number of aliphatic hydroxyl groups excluding tert-OH is 1.